The molecule has 1 unspecified atom stereocenters. The molecular formula is C55H77F4N6O17S2-. The summed E-state index contributed by atoms with van der Waals surface area (Å²) >= 11 is -1.98. The number of hydrogen-bond acceptors (Lipinski definition) is 22. The molecule has 2 amide bonds. The van der Waals surface area contributed by atoms with Crippen LogP contribution in [0.1, 0.15) is 53.2 Å². The summed E-state index contributed by atoms with van der Waals surface area (Å²) in [5.41, 5.74) is 9.19. The number of hydroxylamine groups is 2. The number of rotatable bonds is 44. The maximum atomic E-state index is 13.9. The first-order valence-electron chi connectivity index (χ1n) is 27.7. The minimum atomic E-state index is -3.61. The summed E-state index contributed by atoms with van der Waals surface area (Å²) in [6.45, 7) is 15.5. The van der Waals surface area contributed by atoms with E-state index in [9.17, 15) is 40.7 Å². The van der Waals surface area contributed by atoms with E-state index in [1.807, 2.05) is 44.2 Å². The zero-order chi connectivity index (χ0) is 60.3. The Hall–Kier alpha value is -5.09. The number of nitrogens with zero attached hydrogens (tertiary/aromatic N) is 4. The van der Waals surface area contributed by atoms with Crippen LogP contribution in [0.5, 0.6) is 5.75 Å². The number of nitrogens with two attached hydrogens (primary N) is 1. The Kier molecular flexibility index (Phi) is 33.4. The fourth-order valence-corrected chi connectivity index (χ4v) is 9.57. The van der Waals surface area contributed by atoms with Gasteiger partial charge in [0.15, 0.2) is 11.6 Å². The van der Waals surface area contributed by atoms with Crippen LogP contribution in [-0.4, -0.2) is 220 Å². The van der Waals surface area contributed by atoms with Crippen molar-refractivity contribution in [1.29, 1.82) is 0 Å². The van der Waals surface area contributed by atoms with Gasteiger partial charge in [0.25, 0.3) is 11.8 Å². The quantitative estimate of drug-likeness (QED) is 0.0148. The van der Waals surface area contributed by atoms with E-state index in [0.717, 1.165) is 60.3 Å². The first-order chi connectivity index (χ1) is 40.8. The highest BCUT2D eigenvalue weighted by molar-refractivity contribution is 7.79. The third-order valence-corrected chi connectivity index (χ3v) is 13.8. The minimum Gasteiger partial charge on any atom is -0.768 e. The molecule has 0 bridgehead atoms. The molecule has 2 aliphatic rings. The van der Waals surface area contributed by atoms with Crippen LogP contribution in [0.2, 0.25) is 0 Å². The van der Waals surface area contributed by atoms with Crippen molar-refractivity contribution >= 4 is 63.5 Å². The van der Waals surface area contributed by atoms with Crippen molar-refractivity contribution in [3.8, 4) is 5.75 Å². The molecule has 1 aromatic heterocycles. The topological polar surface area (TPSA) is 262 Å². The fourth-order valence-electron chi connectivity index (χ4n) is 7.99. The largest absolute Gasteiger partial charge is 0.768 e. The number of amides is 2. The van der Waals surface area contributed by atoms with Crippen molar-refractivity contribution in [2.45, 2.75) is 44.6 Å². The summed E-state index contributed by atoms with van der Waals surface area (Å²) in [4.78, 5) is 53.3. The Morgan fingerprint density at radius 3 is 1.69 bits per heavy atom. The van der Waals surface area contributed by atoms with Gasteiger partial charge in [-0.3, -0.25) is 28.3 Å². The van der Waals surface area contributed by atoms with E-state index in [1.165, 1.54) is 5.06 Å². The Morgan fingerprint density at radius 2 is 1.20 bits per heavy atom. The number of piperazine rings is 1. The normalized spacial score (nSPS) is 14.0. The molecule has 5 rings (SSSR count). The molecule has 0 saturated carbocycles. The molecule has 470 valence electrons. The number of carbonyl (C=O) groups excluding carboxylic acids is 3. The molecule has 23 nitrogen and oxygen atoms in total. The molecule has 84 heavy (non-hydrogen) atoms. The van der Waals surface area contributed by atoms with E-state index >= 15 is 0 Å². The van der Waals surface area contributed by atoms with E-state index in [-0.39, 0.29) is 51.3 Å². The molecule has 3 N–H and O–H groups in total. The number of aliphatic imine (C=N–C) groups is 1. The second kappa shape index (κ2) is 40.3. The third kappa shape index (κ3) is 25.1. The third-order valence-electron chi connectivity index (χ3n) is 12.1. The number of carbonyl (C=O) groups is 3. The van der Waals surface area contributed by atoms with Crippen molar-refractivity contribution < 1.29 is 97.7 Å². The van der Waals surface area contributed by atoms with Crippen LogP contribution in [0.4, 0.5) is 28.9 Å². The molecule has 1 saturated heterocycles. The zero-order valence-electron chi connectivity index (χ0n) is 47.5. The number of anilines is 1. The number of ether oxygens (including phenoxy) is 11. The predicted molar refractivity (Wildman–Crippen MR) is 300 cm³/mol. The van der Waals surface area contributed by atoms with Crippen molar-refractivity contribution in [3.05, 3.63) is 74.5 Å². The number of amidine groups is 1. The van der Waals surface area contributed by atoms with Gasteiger partial charge in [0, 0.05) is 73.9 Å². The highest BCUT2D eigenvalue weighted by Crippen LogP contribution is 2.36. The van der Waals surface area contributed by atoms with Gasteiger partial charge in [0.05, 0.1) is 156 Å². The molecular weight excluding hydrogens is 1160 g/mol. The monoisotopic (exact) mass is 1230 g/mol. The fraction of sp³-hybridized carbons (Fsp3) is 0.600. The van der Waals surface area contributed by atoms with Gasteiger partial charge in [0.2, 0.25) is 17.4 Å². The van der Waals surface area contributed by atoms with Crippen molar-refractivity contribution in [2.24, 2.45) is 10.7 Å². The first kappa shape index (κ1) is 69.7. The SMILES string of the molecule is CCCN(OCC)C(=O)C1=Cc2sc(CN3CCN(c4cccc(C(=O)NCCOCCOCCOCCOCCOCCOCCOCCOCCOCCOCCC(=O)Oc5c(F)c(F)c(S(=O)[O-])c(F)c5F)c4)CC3)cc2N=C(N)C1. The summed E-state index contributed by atoms with van der Waals surface area (Å²) in [6, 6.07) is 9.73. The number of halogens is 4. The number of fused-ring (bicyclic) bond motifs is 1. The second-order valence-electron chi connectivity index (χ2n) is 18.3. The van der Waals surface area contributed by atoms with Crippen LogP contribution in [0.3, 0.4) is 0 Å². The standard InChI is InChI=1S/C55H78F4N6O17S2/c1-3-10-65(81-4-2)55(68)41-36-45-44(62-46(60)37-41)38-43(83-45)39-63-11-13-64(14-12-63)42-7-5-6-40(35-42)54(67)61-9-16-72-18-20-74-22-24-76-26-28-78-30-32-80-34-33-79-31-29-77-27-25-75-23-21-73-19-17-71-15-8-47(66)82-52-48(56)50(58)53(84(69)70)51(59)49(52)57/h5-7,35-36,38H,3-4,8-34,37,39H2,1-2H3,(H2,60,62)(H,61,67)(H,69,70)/p-1. The van der Waals surface area contributed by atoms with Gasteiger partial charge in [0.1, 0.15) is 10.7 Å². The van der Waals surface area contributed by atoms with Crippen LogP contribution in [0.15, 0.2) is 45.8 Å². The average molecular weight is 1230 g/mol. The summed E-state index contributed by atoms with van der Waals surface area (Å²) in [6.07, 6.45) is 2.43. The molecule has 1 fully saturated rings. The highest BCUT2D eigenvalue weighted by Gasteiger charge is 2.29. The molecule has 2 aromatic carbocycles. The number of benzene rings is 2. The number of esters is 1. The van der Waals surface area contributed by atoms with E-state index < -0.39 is 57.4 Å². The smallest absolute Gasteiger partial charge is 0.313 e. The van der Waals surface area contributed by atoms with Crippen molar-refractivity contribution in [1.82, 2.24) is 15.3 Å². The highest BCUT2D eigenvalue weighted by atomic mass is 32.2. The number of nitrogens with one attached hydrogen (secondary N) is 1. The van der Waals surface area contributed by atoms with Crippen molar-refractivity contribution in [2.75, 3.05) is 183 Å². The van der Waals surface area contributed by atoms with Gasteiger partial charge in [-0.15, -0.1) is 11.3 Å². The Labute approximate surface area is 493 Å². The molecule has 1 atom stereocenters. The van der Waals surface area contributed by atoms with Crippen LogP contribution >= 0.6 is 11.3 Å². The molecule has 0 radical (unpaired) electrons. The Morgan fingerprint density at radius 1 is 0.702 bits per heavy atom. The summed E-state index contributed by atoms with van der Waals surface area (Å²) < 4.78 is 136. The molecule has 0 spiro atoms. The van der Waals surface area contributed by atoms with Crippen LogP contribution < -0.4 is 20.7 Å². The number of hydrogen-bond donors (Lipinski definition) is 2. The number of thiophene rings is 1. The van der Waals surface area contributed by atoms with Gasteiger partial charge < -0.3 is 72.6 Å². The van der Waals surface area contributed by atoms with Gasteiger partial charge in [-0.25, -0.2) is 18.8 Å². The summed E-state index contributed by atoms with van der Waals surface area (Å²) in [5.74, 6) is -11.7. The van der Waals surface area contributed by atoms with Gasteiger partial charge in [-0.05, 0) is 54.8 Å². The summed E-state index contributed by atoms with van der Waals surface area (Å²) in [5, 5.41) is 4.35. The van der Waals surface area contributed by atoms with Crippen molar-refractivity contribution in [3.63, 3.8) is 0 Å². The maximum absolute atomic E-state index is 13.9. The van der Waals surface area contributed by atoms with Crippen LogP contribution in [0.25, 0.3) is 6.08 Å². The average Bonchev–Trinajstić information content (AvgIpc) is 3.20. The molecule has 2 aliphatic heterocycles. The van der Waals surface area contributed by atoms with Gasteiger partial charge in [-0.1, -0.05) is 13.0 Å². The first-order valence-corrected chi connectivity index (χ1v) is 29.6. The molecule has 3 aromatic rings. The Bertz CT molecular complexity index is 2530. The van der Waals surface area contributed by atoms with E-state index in [4.69, 9.17) is 57.9 Å². The van der Waals surface area contributed by atoms with Gasteiger partial charge in [-0.2, -0.15) is 8.78 Å². The molecule has 0 aliphatic carbocycles. The zero-order valence-corrected chi connectivity index (χ0v) is 49.2. The Balaban J connectivity index is 0.745. The maximum Gasteiger partial charge on any atom is 0.313 e. The van der Waals surface area contributed by atoms with Crippen LogP contribution in [-0.2, 0) is 79.4 Å². The van der Waals surface area contributed by atoms with E-state index in [0.29, 0.717) is 136 Å². The lowest BCUT2D eigenvalue weighted by Crippen LogP contribution is -2.45. The van der Waals surface area contributed by atoms with E-state index in [2.05, 4.69) is 30.9 Å². The molecule has 29 heteroatoms. The lowest BCUT2D eigenvalue weighted by molar-refractivity contribution is -0.180. The predicted octanol–water partition coefficient (Wildman–Crippen LogP) is 4.72. The lowest BCUT2D eigenvalue weighted by atomic mass is 10.1. The lowest BCUT2D eigenvalue weighted by Gasteiger charge is -2.36. The van der Waals surface area contributed by atoms with Crippen LogP contribution in [0, 0.1) is 23.3 Å². The second-order valence-corrected chi connectivity index (χ2v) is 20.3. The van der Waals surface area contributed by atoms with E-state index in [1.54, 1.807) is 11.3 Å². The minimum absolute atomic E-state index is 0.0469. The van der Waals surface area contributed by atoms with Gasteiger partial charge >= 0.3 is 5.97 Å². The summed E-state index contributed by atoms with van der Waals surface area (Å²) in [7, 11) is 0. The molecule has 3 heterocycles.